The molecule has 5 fully saturated rings. The van der Waals surface area contributed by atoms with Crippen LogP contribution in [0.25, 0.3) is 0 Å². The number of rotatable bonds is 2. The van der Waals surface area contributed by atoms with Crippen LogP contribution in [0.4, 0.5) is 4.79 Å². The van der Waals surface area contributed by atoms with Crippen LogP contribution >= 0.6 is 0 Å². The van der Waals surface area contributed by atoms with Gasteiger partial charge in [0.1, 0.15) is 11.9 Å². The molecule has 134 valence electrons. The summed E-state index contributed by atoms with van der Waals surface area (Å²) in [7, 11) is 0. The molecule has 1 atom stereocenters. The number of aldehydes is 1. The second-order valence-electron chi connectivity index (χ2n) is 9.40. The SMILES string of the molecule is CC(C)(C)OC(=O)N1CCC(C=O)N1C1C2CC3CC(C2)CC1C3. The maximum atomic E-state index is 12.7. The standard InChI is InChI=1S/C19H30N2O3/c1-19(2,3)24-18(23)20-5-4-16(11-22)21(20)17-14-7-12-6-13(9-14)10-15(17)8-12/h11-17H,4-10H2,1-3H3. The van der Waals surface area contributed by atoms with Gasteiger partial charge in [-0.2, -0.15) is 0 Å². The average molecular weight is 334 g/mol. The normalized spacial score (nSPS) is 41.7. The minimum Gasteiger partial charge on any atom is -0.443 e. The molecule has 0 radical (unpaired) electrons. The molecule has 0 aromatic heterocycles. The van der Waals surface area contributed by atoms with Crippen molar-refractivity contribution in [1.29, 1.82) is 0 Å². The van der Waals surface area contributed by atoms with Gasteiger partial charge < -0.3 is 9.53 Å². The molecule has 24 heavy (non-hydrogen) atoms. The minimum absolute atomic E-state index is 0.167. The summed E-state index contributed by atoms with van der Waals surface area (Å²) in [6.45, 7) is 6.28. The number of hydrazine groups is 1. The Bertz CT molecular complexity index is 499. The van der Waals surface area contributed by atoms with Crippen LogP contribution in [0.3, 0.4) is 0 Å². The molecule has 0 spiro atoms. The van der Waals surface area contributed by atoms with Gasteiger partial charge in [0, 0.05) is 12.6 Å². The van der Waals surface area contributed by atoms with Gasteiger partial charge in [0.15, 0.2) is 0 Å². The fraction of sp³-hybridized carbons (Fsp3) is 0.895. The van der Waals surface area contributed by atoms with Crippen LogP contribution in [-0.4, -0.2) is 46.6 Å². The number of hydrogen-bond acceptors (Lipinski definition) is 4. The molecular formula is C19H30N2O3. The van der Waals surface area contributed by atoms with Crippen molar-refractivity contribution in [3.63, 3.8) is 0 Å². The van der Waals surface area contributed by atoms with E-state index in [-0.39, 0.29) is 12.1 Å². The highest BCUT2D eigenvalue weighted by molar-refractivity contribution is 5.69. The smallest absolute Gasteiger partial charge is 0.425 e. The Morgan fingerprint density at radius 1 is 1.04 bits per heavy atom. The van der Waals surface area contributed by atoms with E-state index < -0.39 is 5.60 Å². The molecule has 1 unspecified atom stereocenters. The molecule has 0 aromatic rings. The Balaban J connectivity index is 1.58. The summed E-state index contributed by atoms with van der Waals surface area (Å²) in [4.78, 5) is 24.4. The first-order valence-electron chi connectivity index (χ1n) is 9.60. The Morgan fingerprint density at radius 2 is 1.62 bits per heavy atom. The molecule has 5 heteroatoms. The highest BCUT2D eigenvalue weighted by Gasteiger charge is 2.54. The van der Waals surface area contributed by atoms with E-state index in [1.54, 1.807) is 5.01 Å². The third-order valence-electron chi connectivity index (χ3n) is 6.50. The van der Waals surface area contributed by atoms with Crippen LogP contribution < -0.4 is 0 Å². The predicted molar refractivity (Wildman–Crippen MR) is 90.1 cm³/mol. The molecule has 4 aliphatic carbocycles. The summed E-state index contributed by atoms with van der Waals surface area (Å²) >= 11 is 0. The number of hydrogen-bond donors (Lipinski definition) is 0. The number of nitrogens with zero attached hydrogens (tertiary/aromatic N) is 2. The van der Waals surface area contributed by atoms with Crippen molar-refractivity contribution in [3.05, 3.63) is 0 Å². The van der Waals surface area contributed by atoms with Crippen molar-refractivity contribution >= 4 is 12.4 Å². The molecule has 1 saturated heterocycles. The Labute approximate surface area is 144 Å². The first-order chi connectivity index (χ1) is 11.4. The van der Waals surface area contributed by atoms with Crippen LogP contribution in [0.1, 0.15) is 59.3 Å². The van der Waals surface area contributed by atoms with E-state index >= 15 is 0 Å². The minimum atomic E-state index is -0.508. The molecule has 5 rings (SSSR count). The second-order valence-corrected chi connectivity index (χ2v) is 9.40. The zero-order valence-electron chi connectivity index (χ0n) is 15.1. The van der Waals surface area contributed by atoms with Crippen molar-refractivity contribution in [2.75, 3.05) is 6.54 Å². The summed E-state index contributed by atoms with van der Waals surface area (Å²) in [6, 6.07) is 0.183. The molecule has 0 N–H and O–H groups in total. The van der Waals surface area contributed by atoms with Crippen molar-refractivity contribution in [2.24, 2.45) is 23.7 Å². The molecule has 1 heterocycles. The van der Waals surface area contributed by atoms with Gasteiger partial charge in [-0.15, -0.1) is 0 Å². The molecule has 1 amide bonds. The number of carbonyl (C=O) groups excluding carboxylic acids is 2. The largest absolute Gasteiger partial charge is 0.443 e. The summed E-state index contributed by atoms with van der Waals surface area (Å²) < 4.78 is 5.62. The van der Waals surface area contributed by atoms with E-state index in [1.807, 2.05) is 20.8 Å². The zero-order valence-corrected chi connectivity index (χ0v) is 15.1. The molecule has 0 aromatic carbocycles. The monoisotopic (exact) mass is 334 g/mol. The van der Waals surface area contributed by atoms with E-state index in [2.05, 4.69) is 5.01 Å². The van der Waals surface area contributed by atoms with E-state index in [0.29, 0.717) is 24.4 Å². The Morgan fingerprint density at radius 3 is 2.12 bits per heavy atom. The van der Waals surface area contributed by atoms with Gasteiger partial charge in [0.2, 0.25) is 0 Å². The summed E-state index contributed by atoms with van der Waals surface area (Å²) in [5.74, 6) is 3.06. The second kappa shape index (κ2) is 5.72. The molecule has 5 nitrogen and oxygen atoms in total. The Hall–Kier alpha value is -1.10. The van der Waals surface area contributed by atoms with E-state index in [1.165, 1.54) is 32.1 Å². The number of ether oxygens (including phenoxy) is 1. The first kappa shape index (κ1) is 16.4. The zero-order chi connectivity index (χ0) is 17.1. The number of amides is 1. The highest BCUT2D eigenvalue weighted by atomic mass is 16.6. The first-order valence-corrected chi connectivity index (χ1v) is 9.60. The Kier molecular flexibility index (Phi) is 3.90. The summed E-state index contributed by atoms with van der Waals surface area (Å²) in [6.07, 6.45) is 8.00. The topological polar surface area (TPSA) is 49.9 Å². The van der Waals surface area contributed by atoms with Crippen molar-refractivity contribution < 1.29 is 14.3 Å². The number of carbonyl (C=O) groups is 2. The summed E-state index contributed by atoms with van der Waals surface area (Å²) in [5, 5.41) is 3.88. The fourth-order valence-electron chi connectivity index (χ4n) is 6.02. The lowest BCUT2D eigenvalue weighted by Gasteiger charge is -2.57. The van der Waals surface area contributed by atoms with Crippen LogP contribution in [-0.2, 0) is 9.53 Å². The van der Waals surface area contributed by atoms with E-state index in [9.17, 15) is 9.59 Å². The van der Waals surface area contributed by atoms with Gasteiger partial charge in [-0.1, -0.05) is 0 Å². The van der Waals surface area contributed by atoms with Gasteiger partial charge in [-0.25, -0.2) is 14.8 Å². The lowest BCUT2D eigenvalue weighted by Crippen LogP contribution is -2.62. The van der Waals surface area contributed by atoms with Crippen LogP contribution in [0.5, 0.6) is 0 Å². The fourth-order valence-corrected chi connectivity index (χ4v) is 6.02. The molecule has 4 bridgehead atoms. The van der Waals surface area contributed by atoms with Crippen molar-refractivity contribution in [1.82, 2.24) is 10.0 Å². The molecule has 1 aliphatic heterocycles. The molecule has 5 aliphatic rings. The van der Waals surface area contributed by atoms with E-state index in [0.717, 1.165) is 24.5 Å². The molecule has 4 saturated carbocycles. The van der Waals surface area contributed by atoms with Gasteiger partial charge in [-0.05, 0) is 83.0 Å². The third-order valence-corrected chi connectivity index (χ3v) is 6.50. The maximum Gasteiger partial charge on any atom is 0.425 e. The van der Waals surface area contributed by atoms with Gasteiger partial charge in [0.05, 0.1) is 6.04 Å². The quantitative estimate of drug-likeness (QED) is 0.728. The van der Waals surface area contributed by atoms with Crippen molar-refractivity contribution in [2.45, 2.75) is 77.0 Å². The van der Waals surface area contributed by atoms with Crippen LogP contribution in [0.15, 0.2) is 0 Å². The van der Waals surface area contributed by atoms with Gasteiger partial charge in [0.25, 0.3) is 0 Å². The van der Waals surface area contributed by atoms with Crippen LogP contribution in [0.2, 0.25) is 0 Å². The lowest BCUT2D eigenvalue weighted by atomic mass is 9.54. The average Bonchev–Trinajstić information content (AvgIpc) is 2.88. The van der Waals surface area contributed by atoms with E-state index in [4.69, 9.17) is 4.74 Å². The van der Waals surface area contributed by atoms with Gasteiger partial charge in [-0.3, -0.25) is 0 Å². The van der Waals surface area contributed by atoms with Crippen molar-refractivity contribution in [3.8, 4) is 0 Å². The lowest BCUT2D eigenvalue weighted by molar-refractivity contribution is -0.145. The van der Waals surface area contributed by atoms with Crippen LogP contribution in [0, 0.1) is 23.7 Å². The summed E-state index contributed by atoms with van der Waals surface area (Å²) in [5.41, 5.74) is -0.508. The molecular weight excluding hydrogens is 304 g/mol. The van der Waals surface area contributed by atoms with Gasteiger partial charge >= 0.3 is 6.09 Å². The third kappa shape index (κ3) is 2.75. The highest BCUT2D eigenvalue weighted by Crippen LogP contribution is 2.56. The predicted octanol–water partition coefficient (Wildman–Crippen LogP) is 3.24. The maximum absolute atomic E-state index is 12.7.